The minimum Gasteiger partial charge on any atom is -0.444 e. The van der Waals surface area contributed by atoms with Crippen LogP contribution >= 0.6 is 0 Å². The molecule has 0 spiro atoms. The van der Waals surface area contributed by atoms with Gasteiger partial charge in [0.2, 0.25) is 5.89 Å². The van der Waals surface area contributed by atoms with Crippen LogP contribution in [0.1, 0.15) is 25.1 Å². The van der Waals surface area contributed by atoms with Crippen molar-refractivity contribution in [1.29, 1.82) is 0 Å². The number of hydrogen-bond acceptors (Lipinski definition) is 3. The summed E-state index contributed by atoms with van der Waals surface area (Å²) in [7, 11) is 0. The van der Waals surface area contributed by atoms with E-state index in [4.69, 9.17) is 4.42 Å². The first kappa shape index (κ1) is 14.5. The molecule has 0 aliphatic heterocycles. The van der Waals surface area contributed by atoms with Crippen LogP contribution in [0.3, 0.4) is 0 Å². The van der Waals surface area contributed by atoms with Gasteiger partial charge in [0, 0.05) is 18.7 Å². The molecular weight excluding hydrogens is 248 g/mol. The third kappa shape index (κ3) is 3.81. The summed E-state index contributed by atoms with van der Waals surface area (Å²) in [5, 5.41) is 0. The molecule has 0 bridgehead atoms. The number of oxazole rings is 1. The highest BCUT2D eigenvalue weighted by atomic mass is 16.3. The van der Waals surface area contributed by atoms with Gasteiger partial charge in [-0.25, -0.2) is 4.98 Å². The molecule has 0 N–H and O–H groups in total. The second kappa shape index (κ2) is 6.53. The van der Waals surface area contributed by atoms with E-state index in [1.54, 1.807) is 6.26 Å². The summed E-state index contributed by atoms with van der Waals surface area (Å²) in [6, 6.07) is 8.21. The third-order valence-corrected chi connectivity index (χ3v) is 3.18. The molecule has 1 aromatic carbocycles. The van der Waals surface area contributed by atoms with Crippen molar-refractivity contribution in [3.63, 3.8) is 0 Å². The molecule has 1 aromatic heterocycles. The van der Waals surface area contributed by atoms with Gasteiger partial charge in [-0.3, -0.25) is 4.90 Å². The normalized spacial score (nSPS) is 11.0. The molecule has 106 valence electrons. The molecule has 3 nitrogen and oxygen atoms in total. The number of aromatic nitrogens is 1. The van der Waals surface area contributed by atoms with Gasteiger partial charge in [0.1, 0.15) is 6.26 Å². The minimum absolute atomic E-state index is 0.686. The van der Waals surface area contributed by atoms with Crippen LogP contribution in [0.15, 0.2) is 47.1 Å². The van der Waals surface area contributed by atoms with Gasteiger partial charge in [0.05, 0.1) is 5.69 Å². The molecule has 0 aliphatic carbocycles. The number of aryl methyl sites for hydroxylation is 1. The van der Waals surface area contributed by atoms with E-state index < -0.39 is 0 Å². The lowest BCUT2D eigenvalue weighted by Crippen LogP contribution is -2.24. The molecule has 0 unspecified atom stereocenters. The van der Waals surface area contributed by atoms with Crippen molar-refractivity contribution < 1.29 is 4.42 Å². The number of rotatable bonds is 6. The lowest BCUT2D eigenvalue weighted by Gasteiger charge is -2.18. The lowest BCUT2D eigenvalue weighted by molar-refractivity contribution is 0.300. The maximum atomic E-state index is 5.58. The van der Waals surface area contributed by atoms with Crippen LogP contribution in [0.4, 0.5) is 0 Å². The van der Waals surface area contributed by atoms with Crippen molar-refractivity contribution in [2.24, 2.45) is 0 Å². The molecule has 0 saturated heterocycles. The summed E-state index contributed by atoms with van der Waals surface area (Å²) in [6.45, 7) is 12.9. The highest BCUT2D eigenvalue weighted by molar-refractivity contribution is 5.53. The maximum Gasteiger partial charge on any atom is 0.226 e. The maximum absolute atomic E-state index is 5.58. The van der Waals surface area contributed by atoms with Crippen LogP contribution in [-0.4, -0.2) is 23.0 Å². The summed E-state index contributed by atoms with van der Waals surface area (Å²) in [6.07, 6.45) is 1.75. The first-order valence-electron chi connectivity index (χ1n) is 6.96. The molecule has 3 heteroatoms. The van der Waals surface area contributed by atoms with Gasteiger partial charge in [-0.1, -0.05) is 36.8 Å². The number of benzene rings is 1. The summed E-state index contributed by atoms with van der Waals surface area (Å²) < 4.78 is 5.58. The predicted octanol–water partition coefficient (Wildman–Crippen LogP) is 4.05. The second-order valence-electron chi connectivity index (χ2n) is 5.27. The first-order valence-corrected chi connectivity index (χ1v) is 6.96. The van der Waals surface area contributed by atoms with Crippen molar-refractivity contribution in [2.75, 3.05) is 13.1 Å². The quantitative estimate of drug-likeness (QED) is 0.742. The van der Waals surface area contributed by atoms with Crippen LogP contribution in [0.2, 0.25) is 0 Å². The van der Waals surface area contributed by atoms with Gasteiger partial charge in [-0.05, 0) is 32.5 Å². The van der Waals surface area contributed by atoms with Gasteiger partial charge < -0.3 is 4.42 Å². The zero-order valence-corrected chi connectivity index (χ0v) is 12.5. The van der Waals surface area contributed by atoms with Crippen molar-refractivity contribution in [2.45, 2.75) is 27.3 Å². The largest absolute Gasteiger partial charge is 0.444 e. The SMILES string of the molecule is C=C(C)CN(CC)Cc1coc(-c2ccc(C)cc2)n1. The van der Waals surface area contributed by atoms with Gasteiger partial charge in [0.25, 0.3) is 0 Å². The molecule has 0 radical (unpaired) electrons. The second-order valence-corrected chi connectivity index (χ2v) is 5.27. The van der Waals surface area contributed by atoms with E-state index in [0.29, 0.717) is 5.89 Å². The third-order valence-electron chi connectivity index (χ3n) is 3.18. The Morgan fingerprint density at radius 1 is 1.30 bits per heavy atom. The molecule has 0 saturated carbocycles. The van der Waals surface area contributed by atoms with Gasteiger partial charge in [-0.15, -0.1) is 0 Å². The van der Waals surface area contributed by atoms with E-state index in [-0.39, 0.29) is 0 Å². The molecule has 2 aromatic rings. The van der Waals surface area contributed by atoms with Gasteiger partial charge in [-0.2, -0.15) is 0 Å². The standard InChI is InChI=1S/C17H22N2O/c1-5-19(10-13(2)3)11-16-12-20-17(18-16)15-8-6-14(4)7-9-15/h6-9,12H,2,5,10-11H2,1,3-4H3. The summed E-state index contributed by atoms with van der Waals surface area (Å²) in [4.78, 5) is 6.86. The average Bonchev–Trinajstić information content (AvgIpc) is 2.87. The Morgan fingerprint density at radius 2 is 2.00 bits per heavy atom. The van der Waals surface area contributed by atoms with Crippen molar-refractivity contribution in [3.8, 4) is 11.5 Å². The smallest absolute Gasteiger partial charge is 0.226 e. The molecule has 0 amide bonds. The lowest BCUT2D eigenvalue weighted by atomic mass is 10.1. The van der Waals surface area contributed by atoms with E-state index in [1.165, 1.54) is 5.56 Å². The zero-order valence-electron chi connectivity index (χ0n) is 12.5. The van der Waals surface area contributed by atoms with Crippen LogP contribution < -0.4 is 0 Å². The monoisotopic (exact) mass is 270 g/mol. The fraction of sp³-hybridized carbons (Fsp3) is 0.353. The van der Waals surface area contributed by atoms with E-state index in [1.807, 2.05) is 19.1 Å². The highest BCUT2D eigenvalue weighted by Gasteiger charge is 2.10. The molecular formula is C17H22N2O. The molecule has 1 heterocycles. The Bertz CT molecular complexity index is 569. The Kier molecular flexibility index (Phi) is 4.74. The van der Waals surface area contributed by atoms with Gasteiger partial charge in [0.15, 0.2) is 0 Å². The van der Waals surface area contributed by atoms with E-state index in [9.17, 15) is 0 Å². The van der Waals surface area contributed by atoms with Gasteiger partial charge >= 0.3 is 0 Å². The molecule has 20 heavy (non-hydrogen) atoms. The van der Waals surface area contributed by atoms with Crippen molar-refractivity contribution in [1.82, 2.24) is 9.88 Å². The summed E-state index contributed by atoms with van der Waals surface area (Å²) >= 11 is 0. The van der Waals surface area contributed by atoms with E-state index in [0.717, 1.165) is 36.5 Å². The molecule has 0 fully saturated rings. The fourth-order valence-corrected chi connectivity index (χ4v) is 2.10. The Labute approximate surface area is 120 Å². The van der Waals surface area contributed by atoms with Crippen molar-refractivity contribution in [3.05, 3.63) is 53.9 Å². The van der Waals surface area contributed by atoms with Crippen LogP contribution in [-0.2, 0) is 6.54 Å². The summed E-state index contributed by atoms with van der Waals surface area (Å²) in [5.74, 6) is 0.686. The van der Waals surface area contributed by atoms with Crippen LogP contribution in [0.5, 0.6) is 0 Å². The number of nitrogens with zero attached hydrogens (tertiary/aromatic N) is 2. The Hall–Kier alpha value is -1.87. The zero-order chi connectivity index (χ0) is 14.5. The average molecular weight is 270 g/mol. The fourth-order valence-electron chi connectivity index (χ4n) is 2.10. The summed E-state index contributed by atoms with van der Waals surface area (Å²) in [5.41, 5.74) is 4.38. The highest BCUT2D eigenvalue weighted by Crippen LogP contribution is 2.19. The van der Waals surface area contributed by atoms with Crippen molar-refractivity contribution >= 4 is 0 Å². The molecule has 2 rings (SSSR count). The Morgan fingerprint density at radius 3 is 2.60 bits per heavy atom. The van der Waals surface area contributed by atoms with E-state index in [2.05, 4.69) is 42.4 Å². The molecule has 0 atom stereocenters. The number of likely N-dealkylation sites (N-methyl/N-ethyl adjacent to an activating group) is 1. The number of hydrogen-bond donors (Lipinski definition) is 0. The Balaban J connectivity index is 2.08. The van der Waals surface area contributed by atoms with E-state index >= 15 is 0 Å². The minimum atomic E-state index is 0.686. The van der Waals surface area contributed by atoms with Crippen LogP contribution in [0, 0.1) is 6.92 Å². The predicted molar refractivity (Wildman–Crippen MR) is 82.4 cm³/mol. The first-order chi connectivity index (χ1) is 9.58. The topological polar surface area (TPSA) is 29.3 Å². The van der Waals surface area contributed by atoms with Crippen LogP contribution in [0.25, 0.3) is 11.5 Å². The molecule has 0 aliphatic rings.